The molecule has 9 nitrogen and oxygen atoms in total. The minimum atomic E-state index is -2.99. The van der Waals surface area contributed by atoms with Crippen molar-refractivity contribution >= 4 is 37.7 Å². The molecule has 1 fully saturated rings. The smallest absolute Gasteiger partial charge is 0.335 e. The van der Waals surface area contributed by atoms with Gasteiger partial charge in [0.15, 0.2) is 0 Å². The predicted octanol–water partition coefficient (Wildman–Crippen LogP) is 5.02. The quantitative estimate of drug-likeness (QED) is 0.270. The molecule has 0 aliphatic carbocycles. The lowest BCUT2D eigenvalue weighted by molar-refractivity contribution is 0.0697. The van der Waals surface area contributed by atoms with Crippen LogP contribution in [0.2, 0.25) is 0 Å². The van der Waals surface area contributed by atoms with E-state index in [1.807, 2.05) is 6.92 Å². The molecule has 0 saturated carbocycles. The average Bonchev–Trinajstić information content (AvgIpc) is 3.43. The lowest BCUT2D eigenvalue weighted by atomic mass is 9.94. The maximum Gasteiger partial charge on any atom is 0.335 e. The van der Waals surface area contributed by atoms with Gasteiger partial charge in [-0.1, -0.05) is 43.3 Å². The van der Waals surface area contributed by atoms with Gasteiger partial charge >= 0.3 is 5.97 Å². The Morgan fingerprint density at radius 2 is 1.70 bits per heavy atom. The molecule has 1 aliphatic heterocycles. The third-order valence-electron chi connectivity index (χ3n) is 8.71. The molecule has 4 heterocycles. The fourth-order valence-corrected chi connectivity index (χ4v) is 7.36. The number of pyridine rings is 2. The molecule has 0 unspecified atom stereocenters. The molecule has 1 aliphatic rings. The number of piperidine rings is 1. The van der Waals surface area contributed by atoms with Crippen LogP contribution in [0.4, 0.5) is 0 Å². The van der Waals surface area contributed by atoms with Gasteiger partial charge in [0.25, 0.3) is 5.56 Å². The Morgan fingerprint density at radius 1 is 1.05 bits per heavy atom. The molecule has 6 rings (SSSR count). The number of fused-ring (bicyclic) bond motifs is 3. The first-order chi connectivity index (χ1) is 20.5. The van der Waals surface area contributed by atoms with E-state index in [0.717, 1.165) is 58.4 Å². The topological polar surface area (TPSA) is 125 Å². The van der Waals surface area contributed by atoms with Gasteiger partial charge < -0.3 is 14.7 Å². The molecule has 3 aromatic heterocycles. The minimum Gasteiger partial charge on any atom is -0.478 e. The number of hydrogen-bond donors (Lipinski definition) is 2. The number of nitrogens with one attached hydrogen (secondary N) is 1. The number of sulfone groups is 1. The number of aryl methyl sites for hydroxylation is 2. The molecular formula is C33H34N4O5S. The van der Waals surface area contributed by atoms with Crippen LogP contribution in [-0.4, -0.2) is 63.5 Å². The highest BCUT2D eigenvalue weighted by atomic mass is 32.2. The normalized spacial score (nSPS) is 15.0. The zero-order chi connectivity index (χ0) is 30.5. The summed E-state index contributed by atoms with van der Waals surface area (Å²) in [6.45, 7) is 4.34. The highest BCUT2D eigenvalue weighted by Gasteiger charge is 2.26. The number of H-pyrrole nitrogens is 1. The van der Waals surface area contributed by atoms with E-state index < -0.39 is 15.8 Å². The number of nitrogens with zero attached hydrogens (tertiary/aromatic N) is 3. The highest BCUT2D eigenvalue weighted by Crippen LogP contribution is 2.34. The van der Waals surface area contributed by atoms with Crippen LogP contribution in [0, 0.1) is 0 Å². The Hall–Kier alpha value is -4.28. The van der Waals surface area contributed by atoms with Crippen molar-refractivity contribution in [1.82, 2.24) is 19.4 Å². The zero-order valence-electron chi connectivity index (χ0n) is 24.4. The Morgan fingerprint density at radius 3 is 2.30 bits per heavy atom. The van der Waals surface area contributed by atoms with E-state index in [-0.39, 0.29) is 16.4 Å². The Bertz CT molecular complexity index is 2020. The summed E-state index contributed by atoms with van der Waals surface area (Å²) in [7, 11) is -1.25. The van der Waals surface area contributed by atoms with E-state index >= 15 is 0 Å². The van der Waals surface area contributed by atoms with Crippen LogP contribution in [0.15, 0.2) is 65.6 Å². The summed E-state index contributed by atoms with van der Waals surface area (Å²) in [5.74, 6) is -1.01. The third-order valence-corrected chi connectivity index (χ3v) is 10.4. The maximum atomic E-state index is 13.6. The van der Waals surface area contributed by atoms with Crippen LogP contribution < -0.4 is 5.56 Å². The number of carboxylic acids is 1. The van der Waals surface area contributed by atoms with Gasteiger partial charge in [-0.25, -0.2) is 18.2 Å². The summed E-state index contributed by atoms with van der Waals surface area (Å²) in [6.07, 6.45) is 5.02. The second-order valence-electron chi connectivity index (χ2n) is 11.4. The lowest BCUT2D eigenvalue weighted by Gasteiger charge is -2.31. The maximum absolute atomic E-state index is 13.6. The number of carboxylic acid groups (broad SMARTS) is 1. The van der Waals surface area contributed by atoms with Crippen LogP contribution in [-0.2, 0) is 29.9 Å². The highest BCUT2D eigenvalue weighted by molar-refractivity contribution is 7.91. The van der Waals surface area contributed by atoms with Crippen molar-refractivity contribution in [2.75, 3.05) is 19.3 Å². The molecule has 0 amide bonds. The van der Waals surface area contributed by atoms with Gasteiger partial charge in [-0.3, -0.25) is 9.69 Å². The van der Waals surface area contributed by atoms with Gasteiger partial charge in [0.1, 0.15) is 15.5 Å². The third kappa shape index (κ3) is 5.36. The molecule has 43 heavy (non-hydrogen) atoms. The SMILES string of the molecule is CCc1c(-c2ccc(C(=O)O)cc2)c(=O)n(C)c2cnc3[nH]c(-c4ccc(CN5CCC(S(C)(=O)=O)CC5)cc4)cc3c12. The van der Waals surface area contributed by atoms with Gasteiger partial charge in [0, 0.05) is 36.3 Å². The molecule has 2 aromatic carbocycles. The van der Waals surface area contributed by atoms with Crippen molar-refractivity contribution in [3.8, 4) is 22.4 Å². The Kier molecular flexibility index (Phi) is 7.43. The van der Waals surface area contributed by atoms with E-state index in [4.69, 9.17) is 0 Å². The molecule has 0 bridgehead atoms. The zero-order valence-corrected chi connectivity index (χ0v) is 25.2. The number of aromatic amines is 1. The number of aromatic nitrogens is 3. The number of rotatable bonds is 7. The summed E-state index contributed by atoms with van der Waals surface area (Å²) in [5, 5.41) is 11.0. The summed E-state index contributed by atoms with van der Waals surface area (Å²) < 4.78 is 25.4. The molecule has 5 aromatic rings. The second kappa shape index (κ2) is 11.1. The van der Waals surface area contributed by atoms with Crippen molar-refractivity contribution in [2.45, 2.75) is 38.0 Å². The summed E-state index contributed by atoms with van der Waals surface area (Å²) in [5.41, 5.74) is 6.72. The minimum absolute atomic E-state index is 0.152. The van der Waals surface area contributed by atoms with Crippen LogP contribution in [0.5, 0.6) is 0 Å². The van der Waals surface area contributed by atoms with Crippen molar-refractivity contribution < 1.29 is 18.3 Å². The number of likely N-dealkylation sites (tertiary alicyclic amines) is 1. The Balaban J connectivity index is 1.35. The first kappa shape index (κ1) is 28.8. The molecular weight excluding hydrogens is 564 g/mol. The van der Waals surface area contributed by atoms with Crippen molar-refractivity contribution in [3.63, 3.8) is 0 Å². The number of aromatic carboxylic acids is 1. The van der Waals surface area contributed by atoms with E-state index in [0.29, 0.717) is 30.4 Å². The van der Waals surface area contributed by atoms with Crippen LogP contribution in [0.1, 0.15) is 41.3 Å². The van der Waals surface area contributed by atoms with E-state index in [9.17, 15) is 23.1 Å². The fraction of sp³-hybridized carbons (Fsp3) is 0.303. The molecule has 1 saturated heterocycles. The second-order valence-corrected chi connectivity index (χ2v) is 13.7. The fourth-order valence-electron chi connectivity index (χ4n) is 6.30. The molecule has 2 N–H and O–H groups in total. The number of hydrogen-bond acceptors (Lipinski definition) is 6. The largest absolute Gasteiger partial charge is 0.478 e. The van der Waals surface area contributed by atoms with Crippen LogP contribution in [0.3, 0.4) is 0 Å². The summed E-state index contributed by atoms with van der Waals surface area (Å²) in [6, 6.07) is 16.9. The van der Waals surface area contributed by atoms with Gasteiger partial charge in [0.2, 0.25) is 0 Å². The summed E-state index contributed by atoms with van der Waals surface area (Å²) in [4.78, 5) is 35.4. The predicted molar refractivity (Wildman–Crippen MR) is 169 cm³/mol. The number of carbonyl (C=O) groups is 1. The molecule has 222 valence electrons. The van der Waals surface area contributed by atoms with Gasteiger partial charge in [0.05, 0.1) is 28.1 Å². The lowest BCUT2D eigenvalue weighted by Crippen LogP contribution is -2.38. The first-order valence-corrected chi connectivity index (χ1v) is 16.4. The van der Waals surface area contributed by atoms with Crippen molar-refractivity contribution in [2.24, 2.45) is 7.05 Å². The van der Waals surface area contributed by atoms with Crippen LogP contribution >= 0.6 is 0 Å². The van der Waals surface area contributed by atoms with Gasteiger partial charge in [-0.05, 0) is 72.8 Å². The van der Waals surface area contributed by atoms with Crippen molar-refractivity contribution in [3.05, 3.63) is 87.8 Å². The van der Waals surface area contributed by atoms with Crippen molar-refractivity contribution in [1.29, 1.82) is 0 Å². The van der Waals surface area contributed by atoms with E-state index in [1.165, 1.54) is 24.0 Å². The standard InChI is InChI=1S/C33H34N4O5S/c1-4-25-29(22-9-11-23(12-10-22)33(39)40)32(38)36(2)28-18-34-31-26(30(25)28)17-27(35-31)21-7-5-20(6-8-21)19-37-15-13-24(14-16-37)43(3,41)42/h5-12,17-18,24H,4,13-16,19H2,1-3H3,(H,34,35)(H,39,40). The van der Waals surface area contributed by atoms with Crippen LogP contribution in [0.25, 0.3) is 44.3 Å². The average molecular weight is 599 g/mol. The van der Waals surface area contributed by atoms with E-state index in [2.05, 4.69) is 45.2 Å². The molecule has 0 atom stereocenters. The molecule has 0 radical (unpaired) electrons. The van der Waals surface area contributed by atoms with E-state index in [1.54, 1.807) is 29.9 Å². The first-order valence-electron chi connectivity index (χ1n) is 14.4. The summed E-state index contributed by atoms with van der Waals surface area (Å²) >= 11 is 0. The Labute approximate surface area is 249 Å². The monoisotopic (exact) mass is 598 g/mol. The molecule has 10 heteroatoms. The molecule has 0 spiro atoms. The van der Waals surface area contributed by atoms with Gasteiger partial charge in [-0.15, -0.1) is 0 Å². The van der Waals surface area contributed by atoms with Gasteiger partial charge in [-0.2, -0.15) is 0 Å². The number of benzene rings is 2.